The number of halogens is 1. The topological polar surface area (TPSA) is 82.2 Å². The summed E-state index contributed by atoms with van der Waals surface area (Å²) in [6, 6.07) is -0.205. The molecule has 2 aliphatic rings. The molecule has 0 aromatic carbocycles. The Bertz CT molecular complexity index is 755. The first-order valence-corrected chi connectivity index (χ1v) is 9.58. The summed E-state index contributed by atoms with van der Waals surface area (Å²) in [4.78, 5) is 20.8. The lowest BCUT2D eigenvalue weighted by Crippen LogP contribution is -2.18. The monoisotopic (exact) mass is 388 g/mol. The standard InChI is InChI=1S/C21H25ClN2O3/c1-2-16(6-5-11-22)21-19(7-3-4-8-20(26)27)23-18-12-15(14-25)9-10-17(13-18)24-21/h2,5-6,9-10,12-14,17,20,26-27H,3-4,7-8,11H2,1H3/b6-5-,16-2+. The fourth-order valence-electron chi connectivity index (χ4n) is 2.88. The second kappa shape index (κ2) is 10.9. The van der Waals surface area contributed by atoms with Crippen molar-refractivity contribution < 1.29 is 15.0 Å². The zero-order chi connectivity index (χ0) is 19.6. The molecule has 27 heavy (non-hydrogen) atoms. The highest BCUT2D eigenvalue weighted by Crippen LogP contribution is 2.22. The maximum Gasteiger partial charge on any atom is 0.151 e. The van der Waals surface area contributed by atoms with E-state index in [0.29, 0.717) is 36.4 Å². The lowest BCUT2D eigenvalue weighted by molar-refractivity contribution is -0.104. The van der Waals surface area contributed by atoms with Gasteiger partial charge in [0.15, 0.2) is 6.29 Å². The highest BCUT2D eigenvalue weighted by molar-refractivity contribution is 6.49. The van der Waals surface area contributed by atoms with Crippen LogP contribution in [0.5, 0.6) is 0 Å². The van der Waals surface area contributed by atoms with Crippen LogP contribution in [0.25, 0.3) is 0 Å². The number of aliphatic hydroxyl groups excluding tert-OH is 1. The third-order valence-electron chi connectivity index (χ3n) is 4.19. The molecule has 0 amide bonds. The predicted molar refractivity (Wildman–Crippen MR) is 110 cm³/mol. The van der Waals surface area contributed by atoms with Gasteiger partial charge in [0.05, 0.1) is 23.2 Å². The molecule has 0 saturated heterocycles. The second-order valence-electron chi connectivity index (χ2n) is 6.27. The Kier molecular flexibility index (Phi) is 8.58. The SMILES string of the molecule is C/C=C(\C=C/CCl)C1=NC2C=CC(C=O)=CC(=C2)N=C1CCCCC(O)O. The van der Waals surface area contributed by atoms with Crippen LogP contribution >= 0.6 is 11.6 Å². The number of hydrogen-bond acceptors (Lipinski definition) is 5. The van der Waals surface area contributed by atoms with Crippen LogP contribution in [-0.2, 0) is 4.79 Å². The Balaban J connectivity index is 2.35. The van der Waals surface area contributed by atoms with Crippen LogP contribution in [0.3, 0.4) is 0 Å². The molecule has 5 nitrogen and oxygen atoms in total. The summed E-state index contributed by atoms with van der Waals surface area (Å²) < 4.78 is 0. The number of aldehydes is 1. The number of carbonyl (C=O) groups excluding carboxylic acids is 1. The van der Waals surface area contributed by atoms with Gasteiger partial charge in [-0.25, -0.2) is 0 Å². The van der Waals surface area contributed by atoms with Crippen LogP contribution in [0.4, 0.5) is 0 Å². The van der Waals surface area contributed by atoms with Gasteiger partial charge >= 0.3 is 0 Å². The van der Waals surface area contributed by atoms with Crippen molar-refractivity contribution in [2.75, 3.05) is 5.88 Å². The van der Waals surface area contributed by atoms with Crippen LogP contribution in [0.2, 0.25) is 0 Å². The number of fused-ring (bicyclic) bond motifs is 1. The third-order valence-corrected chi connectivity index (χ3v) is 4.37. The Labute approximate surface area is 164 Å². The van der Waals surface area contributed by atoms with E-state index in [9.17, 15) is 4.79 Å². The van der Waals surface area contributed by atoms with E-state index >= 15 is 0 Å². The van der Waals surface area contributed by atoms with Crippen LogP contribution in [0, 0.1) is 0 Å². The van der Waals surface area contributed by atoms with Crippen molar-refractivity contribution in [1.82, 2.24) is 0 Å². The normalized spacial score (nSPS) is 20.0. The number of aliphatic hydroxyl groups is 2. The van der Waals surface area contributed by atoms with E-state index in [2.05, 4.69) is 0 Å². The molecular weight excluding hydrogens is 364 g/mol. The zero-order valence-corrected chi connectivity index (χ0v) is 16.1. The minimum Gasteiger partial charge on any atom is -0.368 e. The highest BCUT2D eigenvalue weighted by atomic mass is 35.5. The van der Waals surface area contributed by atoms with Crippen molar-refractivity contribution in [2.24, 2.45) is 9.98 Å². The average molecular weight is 389 g/mol. The van der Waals surface area contributed by atoms with E-state index in [1.165, 1.54) is 0 Å². The number of aliphatic imine (C=N–C) groups is 2. The van der Waals surface area contributed by atoms with E-state index in [1.54, 1.807) is 12.2 Å². The first-order valence-electron chi connectivity index (χ1n) is 9.05. The van der Waals surface area contributed by atoms with Crippen LogP contribution in [0.1, 0.15) is 32.6 Å². The predicted octanol–water partition coefficient (Wildman–Crippen LogP) is 3.44. The molecule has 1 unspecified atom stereocenters. The van der Waals surface area contributed by atoms with Crippen LogP contribution in [0.15, 0.2) is 69.4 Å². The van der Waals surface area contributed by atoms with Crippen molar-refractivity contribution in [3.05, 3.63) is 59.4 Å². The Morgan fingerprint density at radius 2 is 2.19 bits per heavy atom. The number of rotatable bonds is 9. The van der Waals surface area contributed by atoms with E-state index in [0.717, 1.165) is 29.7 Å². The van der Waals surface area contributed by atoms with Gasteiger partial charge in [-0.15, -0.1) is 11.6 Å². The fourth-order valence-corrected chi connectivity index (χ4v) is 2.97. The molecule has 1 aliphatic heterocycles. The number of nitrogens with zero attached hydrogens (tertiary/aromatic N) is 2. The van der Waals surface area contributed by atoms with Gasteiger partial charge in [0.1, 0.15) is 6.29 Å². The molecule has 0 saturated carbocycles. The first-order chi connectivity index (χ1) is 13.1. The maximum atomic E-state index is 11.2. The summed E-state index contributed by atoms with van der Waals surface area (Å²) in [5.74, 6) is 0.406. The number of unbranched alkanes of at least 4 members (excludes halogenated alkanes) is 1. The molecular formula is C21H25ClN2O3. The average Bonchev–Trinajstić information content (AvgIpc) is 2.95. The van der Waals surface area contributed by atoms with Crippen LogP contribution in [-0.4, -0.2) is 46.1 Å². The number of carbonyl (C=O) groups is 1. The van der Waals surface area contributed by atoms with Crippen molar-refractivity contribution in [3.63, 3.8) is 0 Å². The number of alkyl halides is 1. The molecule has 1 aliphatic carbocycles. The van der Waals surface area contributed by atoms with Gasteiger partial charge in [-0.05, 0) is 50.3 Å². The smallest absolute Gasteiger partial charge is 0.151 e. The molecule has 2 bridgehead atoms. The largest absolute Gasteiger partial charge is 0.368 e. The summed E-state index contributed by atoms with van der Waals surface area (Å²) in [5.41, 5.74) is 3.82. The molecule has 6 heteroatoms. The van der Waals surface area contributed by atoms with Crippen molar-refractivity contribution in [2.45, 2.75) is 44.9 Å². The summed E-state index contributed by atoms with van der Waals surface area (Å²) in [6.45, 7) is 1.94. The van der Waals surface area contributed by atoms with Gasteiger partial charge in [-0.2, -0.15) is 0 Å². The van der Waals surface area contributed by atoms with E-state index in [1.807, 2.05) is 37.3 Å². The van der Waals surface area contributed by atoms with Crippen molar-refractivity contribution in [1.29, 1.82) is 0 Å². The van der Waals surface area contributed by atoms with E-state index < -0.39 is 6.29 Å². The van der Waals surface area contributed by atoms with E-state index in [4.69, 9.17) is 31.8 Å². The van der Waals surface area contributed by atoms with Crippen molar-refractivity contribution in [3.8, 4) is 0 Å². The molecule has 2 N–H and O–H groups in total. The molecule has 0 fully saturated rings. The van der Waals surface area contributed by atoms with Gasteiger partial charge in [0, 0.05) is 11.5 Å². The molecule has 144 valence electrons. The Morgan fingerprint density at radius 3 is 2.85 bits per heavy atom. The highest BCUT2D eigenvalue weighted by Gasteiger charge is 2.19. The van der Waals surface area contributed by atoms with Gasteiger partial charge in [-0.3, -0.25) is 14.8 Å². The summed E-state index contributed by atoms with van der Waals surface area (Å²) in [6.07, 6.45) is 15.0. The number of allylic oxidation sites excluding steroid dienone is 7. The Hall–Kier alpha value is -2.08. The molecule has 1 heterocycles. The first kappa shape index (κ1) is 21.2. The van der Waals surface area contributed by atoms with Crippen LogP contribution < -0.4 is 0 Å². The minimum absolute atomic E-state index is 0.205. The summed E-state index contributed by atoms with van der Waals surface area (Å²) in [7, 11) is 0. The third kappa shape index (κ3) is 6.54. The van der Waals surface area contributed by atoms with Gasteiger partial charge < -0.3 is 10.2 Å². The zero-order valence-electron chi connectivity index (χ0n) is 15.4. The maximum absolute atomic E-state index is 11.2. The number of hydrogen-bond donors (Lipinski definition) is 2. The van der Waals surface area contributed by atoms with Gasteiger partial charge in [0.2, 0.25) is 0 Å². The summed E-state index contributed by atoms with van der Waals surface area (Å²) >= 11 is 5.79. The minimum atomic E-state index is -1.29. The lowest BCUT2D eigenvalue weighted by Gasteiger charge is -2.12. The molecule has 0 aromatic rings. The van der Waals surface area contributed by atoms with E-state index in [-0.39, 0.29) is 6.04 Å². The van der Waals surface area contributed by atoms with Gasteiger partial charge in [0.25, 0.3) is 0 Å². The second-order valence-corrected chi connectivity index (χ2v) is 6.58. The molecule has 2 rings (SSSR count). The Morgan fingerprint density at radius 1 is 1.37 bits per heavy atom. The fraction of sp³-hybridized carbons (Fsp3) is 0.381. The lowest BCUT2D eigenvalue weighted by atomic mass is 9.99. The van der Waals surface area contributed by atoms with Crippen molar-refractivity contribution >= 4 is 29.3 Å². The molecule has 0 spiro atoms. The van der Waals surface area contributed by atoms with Gasteiger partial charge in [-0.1, -0.05) is 30.4 Å². The quantitative estimate of drug-likeness (QED) is 0.209. The molecule has 1 atom stereocenters. The molecule has 0 radical (unpaired) electrons. The summed E-state index contributed by atoms with van der Waals surface area (Å²) in [5, 5.41) is 18.1. The molecule has 0 aromatic heterocycles.